The Morgan fingerprint density at radius 3 is 3.00 bits per heavy atom. The summed E-state index contributed by atoms with van der Waals surface area (Å²) >= 11 is 0. The maximum atomic E-state index is 4.30. The van der Waals surface area contributed by atoms with Crippen molar-refractivity contribution in [1.29, 1.82) is 0 Å². The summed E-state index contributed by atoms with van der Waals surface area (Å²) in [5.74, 6) is 0.869. The Bertz CT molecular complexity index is 322. The van der Waals surface area contributed by atoms with Gasteiger partial charge >= 0.3 is 0 Å². The molecule has 1 heterocycles. The van der Waals surface area contributed by atoms with E-state index in [4.69, 9.17) is 0 Å². The molecule has 2 heteroatoms. The zero-order valence-electron chi connectivity index (χ0n) is 9.66. The number of aryl methyl sites for hydroxylation is 1. The Morgan fingerprint density at radius 2 is 2.27 bits per heavy atom. The van der Waals surface area contributed by atoms with Gasteiger partial charge in [-0.25, -0.2) is 0 Å². The number of rotatable bonds is 2. The molecule has 1 aliphatic carbocycles. The SMILES string of the molecule is Cc1ncccc1N[C@@H]1CCC[C@H](C)C1. The number of pyridine rings is 1. The second-order valence-electron chi connectivity index (χ2n) is 4.75. The van der Waals surface area contributed by atoms with E-state index in [-0.39, 0.29) is 0 Å². The number of nitrogens with one attached hydrogen (secondary N) is 1. The summed E-state index contributed by atoms with van der Waals surface area (Å²) in [6, 6.07) is 4.78. The lowest BCUT2D eigenvalue weighted by atomic mass is 9.87. The van der Waals surface area contributed by atoms with Crippen molar-refractivity contribution in [2.45, 2.75) is 45.6 Å². The van der Waals surface area contributed by atoms with E-state index < -0.39 is 0 Å². The molecule has 1 fully saturated rings. The van der Waals surface area contributed by atoms with E-state index in [0.29, 0.717) is 6.04 Å². The minimum atomic E-state index is 0.650. The third kappa shape index (κ3) is 2.71. The minimum Gasteiger partial charge on any atom is -0.381 e. The first-order valence-corrected chi connectivity index (χ1v) is 5.94. The highest BCUT2D eigenvalue weighted by Gasteiger charge is 2.18. The molecular formula is C13H20N2. The van der Waals surface area contributed by atoms with E-state index in [1.165, 1.54) is 31.4 Å². The molecule has 0 saturated heterocycles. The van der Waals surface area contributed by atoms with Crippen molar-refractivity contribution in [1.82, 2.24) is 4.98 Å². The fourth-order valence-electron chi connectivity index (χ4n) is 2.42. The second kappa shape index (κ2) is 4.65. The normalized spacial score (nSPS) is 26.3. The van der Waals surface area contributed by atoms with Gasteiger partial charge in [0, 0.05) is 12.2 Å². The van der Waals surface area contributed by atoms with E-state index in [9.17, 15) is 0 Å². The predicted molar refractivity (Wildman–Crippen MR) is 64.0 cm³/mol. The van der Waals surface area contributed by atoms with Crippen LogP contribution >= 0.6 is 0 Å². The first-order chi connectivity index (χ1) is 7.25. The Balaban J connectivity index is 1.99. The number of aromatic nitrogens is 1. The van der Waals surface area contributed by atoms with Crippen LogP contribution in [0.4, 0.5) is 5.69 Å². The van der Waals surface area contributed by atoms with Gasteiger partial charge in [-0.2, -0.15) is 0 Å². The van der Waals surface area contributed by atoms with Crippen LogP contribution in [0.5, 0.6) is 0 Å². The maximum absolute atomic E-state index is 4.30. The molecule has 0 bridgehead atoms. The lowest BCUT2D eigenvalue weighted by molar-refractivity contribution is 0.358. The molecule has 82 valence electrons. The molecule has 0 unspecified atom stereocenters. The van der Waals surface area contributed by atoms with E-state index in [2.05, 4.69) is 30.2 Å². The zero-order valence-corrected chi connectivity index (χ0v) is 9.66. The lowest BCUT2D eigenvalue weighted by Gasteiger charge is -2.28. The minimum absolute atomic E-state index is 0.650. The van der Waals surface area contributed by atoms with Gasteiger partial charge in [0.05, 0.1) is 11.4 Å². The molecular weight excluding hydrogens is 184 g/mol. The number of anilines is 1. The van der Waals surface area contributed by atoms with E-state index in [1.807, 2.05) is 12.3 Å². The summed E-state index contributed by atoms with van der Waals surface area (Å²) in [5.41, 5.74) is 2.31. The largest absolute Gasteiger partial charge is 0.381 e. The van der Waals surface area contributed by atoms with Crippen LogP contribution < -0.4 is 5.32 Å². The van der Waals surface area contributed by atoms with Gasteiger partial charge in [-0.1, -0.05) is 19.8 Å². The summed E-state index contributed by atoms with van der Waals surface area (Å²) in [5, 5.41) is 3.62. The molecule has 1 aliphatic rings. The third-order valence-corrected chi connectivity index (χ3v) is 3.30. The van der Waals surface area contributed by atoms with Crippen LogP contribution in [0, 0.1) is 12.8 Å². The van der Waals surface area contributed by atoms with Crippen molar-refractivity contribution >= 4 is 5.69 Å². The standard InChI is InChI=1S/C13H20N2/c1-10-5-3-6-12(9-10)15-13-7-4-8-14-11(13)2/h4,7-8,10,12,15H,3,5-6,9H2,1-2H3/t10-,12+/m0/s1. The average Bonchev–Trinajstić information content (AvgIpc) is 2.22. The molecule has 1 aromatic heterocycles. The quantitative estimate of drug-likeness (QED) is 0.798. The van der Waals surface area contributed by atoms with Crippen molar-refractivity contribution in [2.24, 2.45) is 5.92 Å². The fraction of sp³-hybridized carbons (Fsp3) is 0.615. The molecule has 1 saturated carbocycles. The number of hydrogen-bond donors (Lipinski definition) is 1. The van der Waals surface area contributed by atoms with E-state index >= 15 is 0 Å². The molecule has 0 radical (unpaired) electrons. The van der Waals surface area contributed by atoms with Crippen molar-refractivity contribution in [2.75, 3.05) is 5.32 Å². The van der Waals surface area contributed by atoms with Crippen LogP contribution in [0.1, 0.15) is 38.3 Å². The average molecular weight is 204 g/mol. The van der Waals surface area contributed by atoms with Gasteiger partial charge in [-0.3, -0.25) is 4.98 Å². The van der Waals surface area contributed by atoms with Crippen LogP contribution in [0.15, 0.2) is 18.3 Å². The van der Waals surface area contributed by atoms with Crippen molar-refractivity contribution in [3.05, 3.63) is 24.0 Å². The Labute approximate surface area is 92.1 Å². The van der Waals surface area contributed by atoms with Crippen LogP contribution in [0.25, 0.3) is 0 Å². The molecule has 1 N–H and O–H groups in total. The van der Waals surface area contributed by atoms with E-state index in [1.54, 1.807) is 0 Å². The molecule has 2 rings (SSSR count). The van der Waals surface area contributed by atoms with Gasteiger partial charge in [0.2, 0.25) is 0 Å². The Hall–Kier alpha value is -1.05. The summed E-state index contributed by atoms with van der Waals surface area (Å²) in [6.45, 7) is 4.42. The van der Waals surface area contributed by atoms with Gasteiger partial charge < -0.3 is 5.32 Å². The second-order valence-corrected chi connectivity index (χ2v) is 4.75. The maximum Gasteiger partial charge on any atom is 0.0603 e. The lowest BCUT2D eigenvalue weighted by Crippen LogP contribution is -2.26. The summed E-state index contributed by atoms with van der Waals surface area (Å²) in [6.07, 6.45) is 7.21. The number of hydrogen-bond acceptors (Lipinski definition) is 2. The fourth-order valence-corrected chi connectivity index (χ4v) is 2.42. The highest BCUT2D eigenvalue weighted by molar-refractivity contribution is 5.47. The van der Waals surface area contributed by atoms with Gasteiger partial charge in [0.25, 0.3) is 0 Å². The molecule has 0 amide bonds. The Morgan fingerprint density at radius 1 is 1.40 bits per heavy atom. The summed E-state index contributed by atoms with van der Waals surface area (Å²) in [4.78, 5) is 4.30. The van der Waals surface area contributed by atoms with Gasteiger partial charge in [0.15, 0.2) is 0 Å². The van der Waals surface area contributed by atoms with Crippen molar-refractivity contribution in [3.8, 4) is 0 Å². The van der Waals surface area contributed by atoms with Gasteiger partial charge in [-0.15, -0.1) is 0 Å². The molecule has 0 aromatic carbocycles. The summed E-state index contributed by atoms with van der Waals surface area (Å²) < 4.78 is 0. The monoisotopic (exact) mass is 204 g/mol. The smallest absolute Gasteiger partial charge is 0.0603 e. The highest BCUT2D eigenvalue weighted by Crippen LogP contribution is 2.26. The van der Waals surface area contributed by atoms with Crippen LogP contribution in [0.2, 0.25) is 0 Å². The van der Waals surface area contributed by atoms with Crippen molar-refractivity contribution < 1.29 is 0 Å². The third-order valence-electron chi connectivity index (χ3n) is 3.30. The first-order valence-electron chi connectivity index (χ1n) is 5.94. The first kappa shape index (κ1) is 10.5. The number of nitrogens with zero attached hydrogens (tertiary/aromatic N) is 1. The topological polar surface area (TPSA) is 24.9 Å². The van der Waals surface area contributed by atoms with E-state index in [0.717, 1.165) is 11.6 Å². The van der Waals surface area contributed by atoms with Gasteiger partial charge in [-0.05, 0) is 37.8 Å². The van der Waals surface area contributed by atoms with Crippen LogP contribution in [0.3, 0.4) is 0 Å². The predicted octanol–water partition coefficient (Wildman–Crippen LogP) is 3.38. The van der Waals surface area contributed by atoms with Crippen LogP contribution in [-0.2, 0) is 0 Å². The molecule has 0 aliphatic heterocycles. The molecule has 1 aromatic rings. The highest BCUT2D eigenvalue weighted by atomic mass is 14.9. The molecule has 2 nitrogen and oxygen atoms in total. The molecule has 15 heavy (non-hydrogen) atoms. The van der Waals surface area contributed by atoms with Crippen LogP contribution in [-0.4, -0.2) is 11.0 Å². The Kier molecular flexibility index (Phi) is 3.24. The van der Waals surface area contributed by atoms with Crippen molar-refractivity contribution in [3.63, 3.8) is 0 Å². The molecule has 2 atom stereocenters. The van der Waals surface area contributed by atoms with Gasteiger partial charge in [0.1, 0.15) is 0 Å². The summed E-state index contributed by atoms with van der Waals surface area (Å²) in [7, 11) is 0. The molecule has 0 spiro atoms. The zero-order chi connectivity index (χ0) is 10.7.